The molecule has 1 atom stereocenters. The van der Waals surface area contributed by atoms with Gasteiger partial charge in [0.2, 0.25) is 5.91 Å². The first-order valence-corrected chi connectivity index (χ1v) is 5.11. The van der Waals surface area contributed by atoms with E-state index >= 15 is 0 Å². The summed E-state index contributed by atoms with van der Waals surface area (Å²) < 4.78 is 10.2. The van der Waals surface area contributed by atoms with Gasteiger partial charge in [0.25, 0.3) is 0 Å². The fourth-order valence-electron chi connectivity index (χ4n) is 0.846. The van der Waals surface area contributed by atoms with Gasteiger partial charge >= 0.3 is 0 Å². The first kappa shape index (κ1) is 14.3. The van der Waals surface area contributed by atoms with Gasteiger partial charge in [-0.25, -0.2) is 0 Å². The van der Waals surface area contributed by atoms with Crippen molar-refractivity contribution in [3.63, 3.8) is 0 Å². The second-order valence-corrected chi connectivity index (χ2v) is 3.58. The molecule has 0 radical (unpaired) electrons. The Bertz CT molecular complexity index is 174. The van der Waals surface area contributed by atoms with Crippen LogP contribution < -0.4 is 5.32 Å². The van der Waals surface area contributed by atoms with Crippen molar-refractivity contribution < 1.29 is 14.3 Å². The number of nitrogens with one attached hydrogen (secondary N) is 1. The van der Waals surface area contributed by atoms with Crippen molar-refractivity contribution in [2.24, 2.45) is 0 Å². The number of ether oxygens (including phenoxy) is 2. The lowest BCUT2D eigenvalue weighted by Crippen LogP contribution is -2.36. The molecule has 0 bridgehead atoms. The van der Waals surface area contributed by atoms with Gasteiger partial charge in [-0.15, -0.1) is 0 Å². The van der Waals surface area contributed by atoms with E-state index in [0.29, 0.717) is 19.8 Å². The molecule has 0 saturated carbocycles. The number of hydrogen-bond donors (Lipinski definition) is 1. The minimum atomic E-state index is -0.397. The zero-order chi connectivity index (χ0) is 11.7. The SMILES string of the molecule is COC(C)C(=O)NCCOCCN(C)C. The van der Waals surface area contributed by atoms with Crippen LogP contribution in [0.4, 0.5) is 0 Å². The summed E-state index contributed by atoms with van der Waals surface area (Å²) >= 11 is 0. The molecule has 0 spiro atoms. The topological polar surface area (TPSA) is 50.8 Å². The first-order chi connectivity index (χ1) is 7.07. The molecule has 0 fully saturated rings. The fraction of sp³-hybridized carbons (Fsp3) is 0.900. The second kappa shape index (κ2) is 8.64. The van der Waals surface area contributed by atoms with E-state index in [9.17, 15) is 4.79 Å². The number of carbonyl (C=O) groups is 1. The number of methoxy groups -OCH3 is 1. The smallest absolute Gasteiger partial charge is 0.248 e. The van der Waals surface area contributed by atoms with E-state index in [2.05, 4.69) is 5.32 Å². The van der Waals surface area contributed by atoms with Crippen LogP contribution in [0.2, 0.25) is 0 Å². The van der Waals surface area contributed by atoms with Crippen LogP contribution in [0, 0.1) is 0 Å². The van der Waals surface area contributed by atoms with Gasteiger partial charge in [-0.3, -0.25) is 4.79 Å². The van der Waals surface area contributed by atoms with Crippen LogP contribution >= 0.6 is 0 Å². The highest BCUT2D eigenvalue weighted by Crippen LogP contribution is 1.86. The number of likely N-dealkylation sites (N-methyl/N-ethyl adjacent to an activating group) is 1. The largest absolute Gasteiger partial charge is 0.378 e. The van der Waals surface area contributed by atoms with Crippen LogP contribution in [-0.4, -0.2) is 64.4 Å². The Kier molecular flexibility index (Phi) is 8.27. The van der Waals surface area contributed by atoms with Crippen molar-refractivity contribution in [1.29, 1.82) is 0 Å². The van der Waals surface area contributed by atoms with Crippen LogP contribution in [0.5, 0.6) is 0 Å². The predicted octanol–water partition coefficient (Wildman–Crippen LogP) is -0.284. The van der Waals surface area contributed by atoms with Crippen molar-refractivity contribution in [3.05, 3.63) is 0 Å². The molecule has 0 rings (SSSR count). The number of carbonyl (C=O) groups excluding carboxylic acids is 1. The maximum absolute atomic E-state index is 11.2. The molecular weight excluding hydrogens is 196 g/mol. The molecule has 0 saturated heterocycles. The number of hydrogen-bond acceptors (Lipinski definition) is 4. The van der Waals surface area contributed by atoms with Crippen LogP contribution in [0.1, 0.15) is 6.92 Å². The average molecular weight is 218 g/mol. The Morgan fingerprint density at radius 1 is 1.40 bits per heavy atom. The lowest BCUT2D eigenvalue weighted by atomic mass is 10.4. The van der Waals surface area contributed by atoms with Crippen molar-refractivity contribution in [1.82, 2.24) is 10.2 Å². The molecule has 1 amide bonds. The minimum absolute atomic E-state index is 0.103. The summed E-state index contributed by atoms with van der Waals surface area (Å²) in [7, 11) is 5.49. The molecule has 5 nitrogen and oxygen atoms in total. The first-order valence-electron chi connectivity index (χ1n) is 5.11. The van der Waals surface area contributed by atoms with E-state index in [-0.39, 0.29) is 5.91 Å². The van der Waals surface area contributed by atoms with Crippen LogP contribution in [0.3, 0.4) is 0 Å². The third-order valence-electron chi connectivity index (χ3n) is 1.95. The normalized spacial score (nSPS) is 12.9. The Labute approximate surface area is 91.7 Å². The summed E-state index contributed by atoms with van der Waals surface area (Å²) in [6.45, 7) is 4.35. The van der Waals surface area contributed by atoms with Crippen molar-refractivity contribution in [3.8, 4) is 0 Å². The second-order valence-electron chi connectivity index (χ2n) is 3.58. The average Bonchev–Trinajstić information content (AvgIpc) is 2.21. The fourth-order valence-corrected chi connectivity index (χ4v) is 0.846. The van der Waals surface area contributed by atoms with Crippen LogP contribution in [0.15, 0.2) is 0 Å². The molecule has 5 heteroatoms. The molecule has 90 valence electrons. The van der Waals surface area contributed by atoms with Gasteiger partial charge in [0, 0.05) is 20.2 Å². The van der Waals surface area contributed by atoms with E-state index in [4.69, 9.17) is 9.47 Å². The molecule has 0 aromatic rings. The summed E-state index contributed by atoms with van der Waals surface area (Å²) in [5.74, 6) is -0.103. The molecule has 0 aromatic carbocycles. The number of rotatable bonds is 8. The van der Waals surface area contributed by atoms with Crippen molar-refractivity contribution in [2.45, 2.75) is 13.0 Å². The van der Waals surface area contributed by atoms with Gasteiger partial charge < -0.3 is 19.7 Å². The van der Waals surface area contributed by atoms with Crippen molar-refractivity contribution in [2.75, 3.05) is 47.5 Å². The lowest BCUT2D eigenvalue weighted by Gasteiger charge is -2.12. The van der Waals surface area contributed by atoms with Crippen LogP contribution in [-0.2, 0) is 14.3 Å². The summed E-state index contributed by atoms with van der Waals surface area (Å²) in [4.78, 5) is 13.3. The van der Waals surface area contributed by atoms with Gasteiger partial charge in [0.15, 0.2) is 0 Å². The maximum Gasteiger partial charge on any atom is 0.248 e. The van der Waals surface area contributed by atoms with E-state index in [1.54, 1.807) is 6.92 Å². The third-order valence-corrected chi connectivity index (χ3v) is 1.95. The molecule has 0 aliphatic heterocycles. The van der Waals surface area contributed by atoms with E-state index in [1.165, 1.54) is 7.11 Å². The minimum Gasteiger partial charge on any atom is -0.378 e. The van der Waals surface area contributed by atoms with E-state index in [1.807, 2.05) is 19.0 Å². The molecule has 0 aliphatic rings. The van der Waals surface area contributed by atoms with E-state index in [0.717, 1.165) is 6.54 Å². The number of nitrogens with zero attached hydrogens (tertiary/aromatic N) is 1. The third kappa shape index (κ3) is 8.35. The van der Waals surface area contributed by atoms with Gasteiger partial charge in [-0.2, -0.15) is 0 Å². The zero-order valence-electron chi connectivity index (χ0n) is 10.1. The molecule has 0 aromatic heterocycles. The Hall–Kier alpha value is -0.650. The quantitative estimate of drug-likeness (QED) is 0.569. The molecular formula is C10H22N2O3. The highest BCUT2D eigenvalue weighted by molar-refractivity contribution is 5.80. The van der Waals surface area contributed by atoms with Gasteiger partial charge in [-0.1, -0.05) is 0 Å². The Morgan fingerprint density at radius 3 is 2.60 bits per heavy atom. The molecule has 1 N–H and O–H groups in total. The molecule has 0 aliphatic carbocycles. The Morgan fingerprint density at radius 2 is 2.07 bits per heavy atom. The Balaban J connectivity index is 3.27. The van der Waals surface area contributed by atoms with Crippen molar-refractivity contribution >= 4 is 5.91 Å². The lowest BCUT2D eigenvalue weighted by molar-refractivity contribution is -0.130. The summed E-state index contributed by atoms with van der Waals surface area (Å²) in [5, 5.41) is 2.72. The van der Waals surface area contributed by atoms with E-state index < -0.39 is 6.10 Å². The van der Waals surface area contributed by atoms with Gasteiger partial charge in [0.1, 0.15) is 6.10 Å². The van der Waals surface area contributed by atoms with Gasteiger partial charge in [0.05, 0.1) is 13.2 Å². The highest BCUT2D eigenvalue weighted by Gasteiger charge is 2.09. The highest BCUT2D eigenvalue weighted by atomic mass is 16.5. The zero-order valence-corrected chi connectivity index (χ0v) is 10.1. The monoisotopic (exact) mass is 218 g/mol. The van der Waals surface area contributed by atoms with Crippen LogP contribution in [0.25, 0.3) is 0 Å². The molecule has 1 unspecified atom stereocenters. The molecule has 0 heterocycles. The number of amides is 1. The summed E-state index contributed by atoms with van der Waals surface area (Å²) in [5.41, 5.74) is 0. The summed E-state index contributed by atoms with van der Waals surface area (Å²) in [6, 6.07) is 0. The standard InChI is InChI=1S/C10H22N2O3/c1-9(14-4)10(13)11-5-7-15-8-6-12(2)3/h9H,5-8H2,1-4H3,(H,11,13). The predicted molar refractivity (Wildman–Crippen MR) is 58.9 cm³/mol. The van der Waals surface area contributed by atoms with Gasteiger partial charge in [-0.05, 0) is 21.0 Å². The molecule has 15 heavy (non-hydrogen) atoms. The maximum atomic E-state index is 11.2. The summed E-state index contributed by atoms with van der Waals surface area (Å²) in [6.07, 6.45) is -0.397.